The summed E-state index contributed by atoms with van der Waals surface area (Å²) in [7, 11) is 1.64. The van der Waals surface area contributed by atoms with Crippen LogP contribution in [-0.2, 0) is 22.7 Å². The van der Waals surface area contributed by atoms with Gasteiger partial charge in [0, 0.05) is 38.7 Å². The summed E-state index contributed by atoms with van der Waals surface area (Å²) in [6.07, 6.45) is 3.83. The van der Waals surface area contributed by atoms with Crippen LogP contribution in [0.3, 0.4) is 0 Å². The number of benzene rings is 2. The minimum Gasteiger partial charge on any atom is -0.497 e. The zero-order chi connectivity index (χ0) is 22.1. The third-order valence-electron chi connectivity index (χ3n) is 5.69. The lowest BCUT2D eigenvalue weighted by atomic mass is 9.93. The molecule has 6 heteroatoms. The Hall–Kier alpha value is -2.86. The number of likely N-dealkylation sites (tertiary alicyclic amines) is 1. The topological polar surface area (TPSA) is 70.7 Å². The number of hydrogen-bond acceptors (Lipinski definition) is 4. The second kappa shape index (κ2) is 11.5. The standard InChI is InChI=1S/C25H33N3O3/c1-19(29)27-23-11-8-21(9-12-23)18-28-14-4-6-20(17-28)10-13-25(30)26-16-22-5-3-7-24(15-22)31-2/h3,5,7-9,11-12,15,20H,4,6,10,13-14,16-18H2,1-2H3,(H,26,30)(H,27,29). The first-order chi connectivity index (χ1) is 15.0. The van der Waals surface area contributed by atoms with E-state index in [1.807, 2.05) is 36.4 Å². The van der Waals surface area contributed by atoms with Crippen molar-refractivity contribution >= 4 is 17.5 Å². The average molecular weight is 424 g/mol. The quantitative estimate of drug-likeness (QED) is 0.640. The fraction of sp³-hybridized carbons (Fsp3) is 0.440. The SMILES string of the molecule is COc1cccc(CNC(=O)CCC2CCCN(Cc3ccc(NC(C)=O)cc3)C2)c1. The van der Waals surface area contributed by atoms with E-state index < -0.39 is 0 Å². The van der Waals surface area contributed by atoms with Gasteiger partial charge < -0.3 is 15.4 Å². The molecule has 2 aromatic rings. The Labute approximate surface area is 185 Å². The molecule has 0 bridgehead atoms. The van der Waals surface area contributed by atoms with Gasteiger partial charge in [0.05, 0.1) is 7.11 Å². The van der Waals surface area contributed by atoms with Crippen LogP contribution in [0.25, 0.3) is 0 Å². The van der Waals surface area contributed by atoms with Gasteiger partial charge in [0.1, 0.15) is 5.75 Å². The second-order valence-electron chi connectivity index (χ2n) is 8.29. The molecule has 0 aliphatic carbocycles. The third-order valence-corrected chi connectivity index (χ3v) is 5.69. The molecule has 166 valence electrons. The van der Waals surface area contributed by atoms with Crippen LogP contribution in [0.15, 0.2) is 48.5 Å². The van der Waals surface area contributed by atoms with E-state index in [0.717, 1.165) is 43.1 Å². The lowest BCUT2D eigenvalue weighted by Crippen LogP contribution is -2.35. The fourth-order valence-corrected chi connectivity index (χ4v) is 4.09. The molecule has 1 aliphatic rings. The molecule has 2 aromatic carbocycles. The number of piperidine rings is 1. The minimum absolute atomic E-state index is 0.0563. The zero-order valence-corrected chi connectivity index (χ0v) is 18.5. The van der Waals surface area contributed by atoms with E-state index in [0.29, 0.717) is 18.9 Å². The van der Waals surface area contributed by atoms with Crippen molar-refractivity contribution in [3.8, 4) is 5.75 Å². The molecule has 2 amide bonds. The predicted octanol–water partition coefficient (Wildman–Crippen LogP) is 3.96. The third kappa shape index (κ3) is 7.72. The number of hydrogen-bond donors (Lipinski definition) is 2. The van der Waals surface area contributed by atoms with Gasteiger partial charge in [-0.2, -0.15) is 0 Å². The van der Waals surface area contributed by atoms with Crippen molar-refractivity contribution in [1.29, 1.82) is 0 Å². The molecule has 0 radical (unpaired) electrons. The summed E-state index contributed by atoms with van der Waals surface area (Å²) >= 11 is 0. The van der Waals surface area contributed by atoms with Crippen molar-refractivity contribution in [2.24, 2.45) is 5.92 Å². The molecule has 0 spiro atoms. The van der Waals surface area contributed by atoms with Crippen LogP contribution in [0, 0.1) is 5.92 Å². The van der Waals surface area contributed by atoms with Gasteiger partial charge in [-0.1, -0.05) is 24.3 Å². The summed E-state index contributed by atoms with van der Waals surface area (Å²) < 4.78 is 5.23. The summed E-state index contributed by atoms with van der Waals surface area (Å²) in [5, 5.41) is 5.82. The van der Waals surface area contributed by atoms with Gasteiger partial charge >= 0.3 is 0 Å². The van der Waals surface area contributed by atoms with Crippen LogP contribution in [-0.4, -0.2) is 36.9 Å². The molecule has 1 aliphatic heterocycles. The van der Waals surface area contributed by atoms with Crippen LogP contribution in [0.4, 0.5) is 5.69 Å². The van der Waals surface area contributed by atoms with Crippen molar-refractivity contribution in [3.63, 3.8) is 0 Å². The first-order valence-electron chi connectivity index (χ1n) is 11.0. The Kier molecular flexibility index (Phi) is 8.47. The highest BCUT2D eigenvalue weighted by Crippen LogP contribution is 2.23. The van der Waals surface area contributed by atoms with Crippen molar-refractivity contribution in [2.75, 3.05) is 25.5 Å². The number of methoxy groups -OCH3 is 1. The number of amides is 2. The second-order valence-corrected chi connectivity index (χ2v) is 8.29. The lowest BCUT2D eigenvalue weighted by molar-refractivity contribution is -0.121. The maximum Gasteiger partial charge on any atom is 0.221 e. The molecule has 1 fully saturated rings. The highest BCUT2D eigenvalue weighted by Gasteiger charge is 2.20. The maximum atomic E-state index is 12.3. The fourth-order valence-electron chi connectivity index (χ4n) is 4.09. The predicted molar refractivity (Wildman–Crippen MR) is 123 cm³/mol. The van der Waals surface area contributed by atoms with Crippen LogP contribution in [0.5, 0.6) is 5.75 Å². The summed E-state index contributed by atoms with van der Waals surface area (Å²) in [6.45, 7) is 5.06. The zero-order valence-electron chi connectivity index (χ0n) is 18.5. The molecule has 31 heavy (non-hydrogen) atoms. The van der Waals surface area contributed by atoms with E-state index in [1.165, 1.54) is 25.3 Å². The van der Waals surface area contributed by atoms with Gasteiger partial charge in [-0.25, -0.2) is 0 Å². The number of anilines is 1. The molecule has 1 heterocycles. The van der Waals surface area contributed by atoms with E-state index in [1.54, 1.807) is 7.11 Å². The molecule has 1 unspecified atom stereocenters. The first kappa shape index (κ1) is 22.8. The molecular weight excluding hydrogens is 390 g/mol. The van der Waals surface area contributed by atoms with E-state index in [9.17, 15) is 9.59 Å². The highest BCUT2D eigenvalue weighted by atomic mass is 16.5. The van der Waals surface area contributed by atoms with Crippen molar-refractivity contribution in [1.82, 2.24) is 10.2 Å². The van der Waals surface area contributed by atoms with Gasteiger partial charge in [0.25, 0.3) is 0 Å². The van der Waals surface area contributed by atoms with E-state index >= 15 is 0 Å². The Morgan fingerprint density at radius 2 is 1.94 bits per heavy atom. The molecule has 0 aromatic heterocycles. The molecule has 2 N–H and O–H groups in total. The monoisotopic (exact) mass is 423 g/mol. The molecule has 0 saturated carbocycles. The highest BCUT2D eigenvalue weighted by molar-refractivity contribution is 5.88. The summed E-state index contributed by atoms with van der Waals surface area (Å²) in [5.41, 5.74) is 3.11. The Morgan fingerprint density at radius 1 is 1.13 bits per heavy atom. The lowest BCUT2D eigenvalue weighted by Gasteiger charge is -2.32. The largest absolute Gasteiger partial charge is 0.497 e. The van der Waals surface area contributed by atoms with Gasteiger partial charge in [-0.05, 0) is 67.1 Å². The van der Waals surface area contributed by atoms with Crippen molar-refractivity contribution in [2.45, 2.75) is 45.7 Å². The number of carbonyl (C=O) groups is 2. The van der Waals surface area contributed by atoms with Crippen molar-refractivity contribution < 1.29 is 14.3 Å². The molecule has 1 atom stereocenters. The average Bonchev–Trinajstić information content (AvgIpc) is 2.78. The van der Waals surface area contributed by atoms with Crippen LogP contribution < -0.4 is 15.4 Å². The first-order valence-corrected chi connectivity index (χ1v) is 11.0. The number of ether oxygens (including phenoxy) is 1. The van der Waals surface area contributed by atoms with Crippen LogP contribution >= 0.6 is 0 Å². The summed E-state index contributed by atoms with van der Waals surface area (Å²) in [5.74, 6) is 1.40. The van der Waals surface area contributed by atoms with Gasteiger partial charge in [0.2, 0.25) is 11.8 Å². The number of rotatable bonds is 9. The van der Waals surface area contributed by atoms with Gasteiger partial charge in [0.15, 0.2) is 0 Å². The van der Waals surface area contributed by atoms with Gasteiger partial charge in [-0.15, -0.1) is 0 Å². The molecule has 1 saturated heterocycles. The summed E-state index contributed by atoms with van der Waals surface area (Å²) in [6, 6.07) is 15.8. The van der Waals surface area contributed by atoms with Crippen LogP contribution in [0.1, 0.15) is 43.7 Å². The molecule has 6 nitrogen and oxygen atoms in total. The Bertz CT molecular complexity index is 867. The van der Waals surface area contributed by atoms with Crippen molar-refractivity contribution in [3.05, 3.63) is 59.7 Å². The van der Waals surface area contributed by atoms with Crippen LogP contribution in [0.2, 0.25) is 0 Å². The number of nitrogens with one attached hydrogen (secondary N) is 2. The Morgan fingerprint density at radius 3 is 2.68 bits per heavy atom. The molecule has 3 rings (SSSR count). The van der Waals surface area contributed by atoms with Gasteiger partial charge in [-0.3, -0.25) is 14.5 Å². The Balaban J connectivity index is 1.40. The smallest absolute Gasteiger partial charge is 0.221 e. The van der Waals surface area contributed by atoms with E-state index in [2.05, 4.69) is 27.7 Å². The summed E-state index contributed by atoms with van der Waals surface area (Å²) in [4.78, 5) is 25.9. The van der Waals surface area contributed by atoms with E-state index in [-0.39, 0.29) is 11.8 Å². The molecular formula is C25H33N3O3. The minimum atomic E-state index is -0.0563. The maximum absolute atomic E-state index is 12.3. The van der Waals surface area contributed by atoms with E-state index in [4.69, 9.17) is 4.74 Å². The normalized spacial score (nSPS) is 16.5. The number of nitrogens with zero attached hydrogens (tertiary/aromatic N) is 1. The number of carbonyl (C=O) groups excluding carboxylic acids is 2.